The minimum absolute atomic E-state index is 0.0384. The van der Waals surface area contributed by atoms with Crippen LogP contribution in [-0.2, 0) is 9.47 Å². The predicted octanol–water partition coefficient (Wildman–Crippen LogP) is -1.03. The molecule has 0 aliphatic rings. The predicted molar refractivity (Wildman–Crippen MR) is 57.6 cm³/mol. The van der Waals surface area contributed by atoms with Gasteiger partial charge in [-0.05, 0) is 13.3 Å². The van der Waals surface area contributed by atoms with Gasteiger partial charge in [0.1, 0.15) is 0 Å². The number of rotatable bonds is 6. The maximum atomic E-state index is 5.67. The van der Waals surface area contributed by atoms with E-state index in [1.165, 1.54) is 0 Å². The summed E-state index contributed by atoms with van der Waals surface area (Å²) in [5.74, 6) is 0. The van der Waals surface area contributed by atoms with Gasteiger partial charge in [0.05, 0.1) is 22.5 Å². The van der Waals surface area contributed by atoms with Gasteiger partial charge in [-0.2, -0.15) is 0 Å². The Morgan fingerprint density at radius 3 is 2.15 bits per heavy atom. The standard InChI is InChI=1S/C8H22N2O2Si/c1-5-7(10-6(2)9)8(13,11-3)12-4/h6-7,10H,5,9H2,1-4,13H3. The Balaban J connectivity index is 4.34. The molecule has 0 aromatic rings. The topological polar surface area (TPSA) is 56.5 Å². The molecule has 2 atom stereocenters. The fourth-order valence-electron chi connectivity index (χ4n) is 1.33. The van der Waals surface area contributed by atoms with Gasteiger partial charge >= 0.3 is 0 Å². The summed E-state index contributed by atoms with van der Waals surface area (Å²) in [6, 6.07) is 0.161. The number of methoxy groups -OCH3 is 2. The van der Waals surface area contributed by atoms with E-state index in [1.807, 2.05) is 6.92 Å². The van der Waals surface area contributed by atoms with Crippen molar-refractivity contribution in [2.24, 2.45) is 5.73 Å². The Kier molecular flexibility index (Phi) is 5.74. The molecule has 0 aromatic carbocycles. The Labute approximate surface area is 83.6 Å². The Morgan fingerprint density at radius 2 is 1.92 bits per heavy atom. The summed E-state index contributed by atoms with van der Waals surface area (Å²) >= 11 is 0. The van der Waals surface area contributed by atoms with Crippen molar-refractivity contribution in [3.63, 3.8) is 0 Å². The van der Waals surface area contributed by atoms with Crippen LogP contribution in [0.1, 0.15) is 20.3 Å². The second kappa shape index (κ2) is 5.72. The van der Waals surface area contributed by atoms with Crippen LogP contribution in [0.2, 0.25) is 0 Å². The first-order valence-electron chi connectivity index (χ1n) is 4.62. The molecule has 0 aromatic heterocycles. The zero-order chi connectivity index (χ0) is 10.5. The maximum absolute atomic E-state index is 5.67. The molecule has 0 aliphatic carbocycles. The summed E-state index contributed by atoms with van der Waals surface area (Å²) in [5.41, 5.74) is 5.20. The highest BCUT2D eigenvalue weighted by Crippen LogP contribution is 2.14. The number of nitrogens with two attached hydrogens (primary N) is 1. The van der Waals surface area contributed by atoms with E-state index >= 15 is 0 Å². The number of hydrogen-bond acceptors (Lipinski definition) is 4. The third kappa shape index (κ3) is 3.74. The lowest BCUT2D eigenvalue weighted by atomic mass is 10.2. The van der Waals surface area contributed by atoms with Crippen LogP contribution in [-0.4, -0.2) is 42.1 Å². The summed E-state index contributed by atoms with van der Waals surface area (Å²) in [6.45, 7) is 4.00. The molecule has 0 aliphatic heterocycles. The van der Waals surface area contributed by atoms with Crippen molar-refractivity contribution < 1.29 is 9.47 Å². The molecular formula is C8H22N2O2Si. The van der Waals surface area contributed by atoms with Gasteiger partial charge in [-0.25, -0.2) is 0 Å². The van der Waals surface area contributed by atoms with E-state index < -0.39 is 5.41 Å². The second-order valence-electron chi connectivity index (χ2n) is 3.34. The van der Waals surface area contributed by atoms with Gasteiger partial charge in [0.25, 0.3) is 0 Å². The minimum atomic E-state index is -0.470. The quantitative estimate of drug-likeness (QED) is 0.431. The maximum Gasteiger partial charge on any atom is 0.155 e. The molecule has 13 heavy (non-hydrogen) atoms. The Morgan fingerprint density at radius 1 is 1.46 bits per heavy atom. The van der Waals surface area contributed by atoms with Crippen molar-refractivity contribution >= 4 is 10.2 Å². The van der Waals surface area contributed by atoms with Gasteiger partial charge in [-0.1, -0.05) is 6.92 Å². The molecule has 0 amide bonds. The lowest BCUT2D eigenvalue weighted by Gasteiger charge is -2.36. The van der Waals surface area contributed by atoms with Crippen molar-refractivity contribution in [3.05, 3.63) is 0 Å². The first-order valence-corrected chi connectivity index (χ1v) is 5.62. The van der Waals surface area contributed by atoms with Crippen molar-refractivity contribution in [1.82, 2.24) is 5.32 Å². The molecule has 0 radical (unpaired) electrons. The van der Waals surface area contributed by atoms with Gasteiger partial charge in [0.15, 0.2) is 5.41 Å². The number of hydrogen-bond donors (Lipinski definition) is 2. The van der Waals surface area contributed by atoms with E-state index in [4.69, 9.17) is 15.2 Å². The zero-order valence-electron chi connectivity index (χ0n) is 9.26. The summed E-state index contributed by atoms with van der Waals surface area (Å²) < 4.78 is 10.7. The van der Waals surface area contributed by atoms with Crippen LogP contribution in [0.25, 0.3) is 0 Å². The number of ether oxygens (including phenoxy) is 2. The third-order valence-corrected chi connectivity index (χ3v) is 3.83. The Hall–Kier alpha value is 0.0569. The summed E-state index contributed by atoms with van der Waals surface area (Å²) in [5, 5.41) is 3.23. The van der Waals surface area contributed by atoms with E-state index in [-0.39, 0.29) is 12.2 Å². The fraction of sp³-hybridized carbons (Fsp3) is 1.00. The van der Waals surface area contributed by atoms with Crippen LogP contribution in [0.15, 0.2) is 0 Å². The second-order valence-corrected chi connectivity index (χ2v) is 4.73. The molecule has 0 heterocycles. The van der Waals surface area contributed by atoms with Crippen molar-refractivity contribution in [3.8, 4) is 0 Å². The summed E-state index contributed by atoms with van der Waals surface area (Å²) in [4.78, 5) is 0. The summed E-state index contributed by atoms with van der Waals surface area (Å²) in [7, 11) is 4.14. The Bertz CT molecular complexity index is 140. The van der Waals surface area contributed by atoms with Crippen LogP contribution in [0, 0.1) is 0 Å². The lowest BCUT2D eigenvalue weighted by Crippen LogP contribution is -2.57. The molecular weight excluding hydrogens is 184 g/mol. The van der Waals surface area contributed by atoms with E-state index in [1.54, 1.807) is 14.2 Å². The molecule has 0 spiro atoms. The molecule has 0 saturated carbocycles. The van der Waals surface area contributed by atoms with Crippen LogP contribution in [0.5, 0.6) is 0 Å². The first-order chi connectivity index (χ1) is 6.00. The largest absolute Gasteiger partial charge is 0.356 e. The van der Waals surface area contributed by atoms with Crippen LogP contribution in [0.4, 0.5) is 0 Å². The van der Waals surface area contributed by atoms with E-state index in [9.17, 15) is 0 Å². The molecule has 4 nitrogen and oxygen atoms in total. The molecule has 0 rings (SSSR count). The molecule has 80 valence electrons. The van der Waals surface area contributed by atoms with E-state index in [2.05, 4.69) is 12.2 Å². The smallest absolute Gasteiger partial charge is 0.155 e. The first kappa shape index (κ1) is 13.1. The van der Waals surface area contributed by atoms with Crippen LogP contribution in [0.3, 0.4) is 0 Å². The average Bonchev–Trinajstić information content (AvgIpc) is 2.12. The summed E-state index contributed by atoms with van der Waals surface area (Å²) in [6.07, 6.45) is 0.899. The normalized spacial score (nSPS) is 17.3. The molecule has 3 N–H and O–H groups in total. The van der Waals surface area contributed by atoms with Crippen molar-refractivity contribution in [2.45, 2.75) is 37.9 Å². The highest BCUT2D eigenvalue weighted by Gasteiger charge is 2.32. The van der Waals surface area contributed by atoms with Crippen LogP contribution < -0.4 is 11.1 Å². The molecule has 0 bridgehead atoms. The van der Waals surface area contributed by atoms with Gasteiger partial charge in [-0.3, -0.25) is 5.32 Å². The van der Waals surface area contributed by atoms with E-state index in [0.29, 0.717) is 0 Å². The third-order valence-electron chi connectivity index (χ3n) is 2.32. The number of nitrogens with one attached hydrogen (secondary N) is 1. The SMILES string of the molecule is CCC(NC(C)N)C([SiH3])(OC)OC. The van der Waals surface area contributed by atoms with Crippen molar-refractivity contribution in [1.29, 1.82) is 0 Å². The molecule has 5 heteroatoms. The highest BCUT2D eigenvalue weighted by molar-refractivity contribution is 6.14. The highest BCUT2D eigenvalue weighted by atomic mass is 28.1. The lowest BCUT2D eigenvalue weighted by molar-refractivity contribution is -0.163. The van der Waals surface area contributed by atoms with E-state index in [0.717, 1.165) is 16.7 Å². The van der Waals surface area contributed by atoms with Gasteiger partial charge in [0, 0.05) is 14.2 Å². The fourth-order valence-corrected chi connectivity index (χ4v) is 1.90. The molecule has 0 fully saturated rings. The van der Waals surface area contributed by atoms with Crippen LogP contribution >= 0.6 is 0 Å². The monoisotopic (exact) mass is 206 g/mol. The average molecular weight is 206 g/mol. The van der Waals surface area contributed by atoms with Gasteiger partial charge in [-0.15, -0.1) is 0 Å². The van der Waals surface area contributed by atoms with Gasteiger partial charge < -0.3 is 15.2 Å². The van der Waals surface area contributed by atoms with Gasteiger partial charge in [0.2, 0.25) is 0 Å². The molecule has 2 unspecified atom stereocenters. The molecule has 0 saturated heterocycles. The zero-order valence-corrected chi connectivity index (χ0v) is 11.3. The van der Waals surface area contributed by atoms with Crippen molar-refractivity contribution in [2.75, 3.05) is 14.2 Å². The minimum Gasteiger partial charge on any atom is -0.356 e.